The van der Waals surface area contributed by atoms with Crippen LogP contribution in [-0.2, 0) is 15.8 Å². The summed E-state index contributed by atoms with van der Waals surface area (Å²) in [4.78, 5) is 25.8. The fourth-order valence-corrected chi connectivity index (χ4v) is 4.76. The number of aromatic nitrogens is 1. The van der Waals surface area contributed by atoms with Crippen LogP contribution in [0.1, 0.15) is 63.5 Å². The molecule has 1 atom stereocenters. The lowest BCUT2D eigenvalue weighted by atomic mass is 10.0. The predicted molar refractivity (Wildman–Crippen MR) is 135 cm³/mol. The van der Waals surface area contributed by atoms with Gasteiger partial charge in [-0.1, -0.05) is 50.5 Å². The lowest BCUT2D eigenvalue weighted by Crippen LogP contribution is -2.42. The molecule has 0 saturated heterocycles. The number of halogens is 1. The number of hydrogen-bond donors (Lipinski definition) is 1. The minimum Gasteiger partial charge on any atom is -0.462 e. The molecule has 178 valence electrons. The van der Waals surface area contributed by atoms with Crippen LogP contribution in [0.25, 0.3) is 10.9 Å². The summed E-state index contributed by atoms with van der Waals surface area (Å²) in [6.45, 7) is 17.4. The number of fused-ring (bicyclic) bond motifs is 1. The Balaban J connectivity index is 2.74. The highest BCUT2D eigenvalue weighted by Crippen LogP contribution is 2.38. The van der Waals surface area contributed by atoms with Crippen LogP contribution >= 0.6 is 15.9 Å². The summed E-state index contributed by atoms with van der Waals surface area (Å²) in [6, 6.07) is 3.36. The summed E-state index contributed by atoms with van der Waals surface area (Å²) in [5.41, 5.74) is 0.948. The number of carbonyl (C=O) groups excluding carboxylic acids is 1. The molecule has 2 aromatic rings. The molecule has 0 fully saturated rings. The van der Waals surface area contributed by atoms with E-state index in [0.29, 0.717) is 27.5 Å². The molecule has 0 amide bonds. The fraction of sp³-hybridized carbons (Fsp3) is 0.583. The maximum Gasteiger partial charge on any atom is 0.343 e. The van der Waals surface area contributed by atoms with Crippen molar-refractivity contribution in [3.05, 3.63) is 44.2 Å². The Bertz CT molecular complexity index is 1040. The predicted octanol–water partition coefficient (Wildman–Crippen LogP) is 5.65. The lowest BCUT2D eigenvalue weighted by Gasteiger charge is -2.38. The molecule has 2 rings (SSSR count). The molecule has 6 nitrogen and oxygen atoms in total. The van der Waals surface area contributed by atoms with Crippen LogP contribution in [0.5, 0.6) is 0 Å². The zero-order chi connectivity index (χ0) is 24.4. The third kappa shape index (κ3) is 5.52. The van der Waals surface area contributed by atoms with Crippen molar-refractivity contribution in [2.24, 2.45) is 5.92 Å². The number of ether oxygens (including phenoxy) is 1. The standard InChI is InChI=1S/C24H36BrNO5Si/c1-9-30-23(29)18-12-26(20-10-16(13-27)19(25)11-17(20)22(18)28)21(15(2)3)14-31-32(7,8)24(4,5)6/h10-12,15,21,27H,9,13-14H2,1-8H3/t21-/m1/s1. The SMILES string of the molecule is CCOC(=O)c1cn([C@H](CO[Si](C)(C)C(C)(C)C)C(C)C)c2cc(CO)c(Br)cc2c1=O. The molecule has 0 aliphatic rings. The maximum atomic E-state index is 13.2. The number of rotatable bonds is 8. The third-order valence-electron chi connectivity index (χ3n) is 6.41. The third-order valence-corrected chi connectivity index (χ3v) is 11.7. The summed E-state index contributed by atoms with van der Waals surface area (Å²) in [5.74, 6) is -0.468. The van der Waals surface area contributed by atoms with Crippen molar-refractivity contribution in [3.8, 4) is 0 Å². The van der Waals surface area contributed by atoms with Gasteiger partial charge >= 0.3 is 5.97 Å². The van der Waals surface area contributed by atoms with E-state index in [4.69, 9.17) is 9.16 Å². The number of esters is 1. The molecule has 8 heteroatoms. The summed E-state index contributed by atoms with van der Waals surface area (Å²) < 4.78 is 14.3. The van der Waals surface area contributed by atoms with E-state index in [0.717, 1.165) is 0 Å². The smallest absolute Gasteiger partial charge is 0.343 e. The van der Waals surface area contributed by atoms with Gasteiger partial charge in [-0.25, -0.2) is 4.79 Å². The van der Waals surface area contributed by atoms with Crippen LogP contribution in [-0.4, -0.2) is 37.2 Å². The number of nitrogens with zero attached hydrogens (tertiary/aromatic N) is 1. The van der Waals surface area contributed by atoms with Gasteiger partial charge in [0.15, 0.2) is 8.32 Å². The second-order valence-electron chi connectivity index (χ2n) is 10.0. The van der Waals surface area contributed by atoms with Crippen LogP contribution in [0.3, 0.4) is 0 Å². The van der Waals surface area contributed by atoms with Crippen molar-refractivity contribution >= 4 is 41.1 Å². The van der Waals surface area contributed by atoms with Crippen molar-refractivity contribution in [2.45, 2.75) is 72.3 Å². The average Bonchev–Trinajstić information content (AvgIpc) is 2.68. The van der Waals surface area contributed by atoms with E-state index in [1.807, 2.05) is 4.57 Å². The molecule has 1 heterocycles. The molecule has 0 spiro atoms. The number of benzene rings is 1. The van der Waals surface area contributed by atoms with E-state index in [1.165, 1.54) is 0 Å². The summed E-state index contributed by atoms with van der Waals surface area (Å²) in [5, 5.41) is 10.2. The molecule has 1 N–H and O–H groups in total. The average molecular weight is 527 g/mol. The van der Waals surface area contributed by atoms with Gasteiger partial charge in [0, 0.05) is 16.1 Å². The Hall–Kier alpha value is -1.48. The van der Waals surface area contributed by atoms with Gasteiger partial charge in [-0.2, -0.15) is 0 Å². The van der Waals surface area contributed by atoms with Gasteiger partial charge in [0.1, 0.15) is 5.56 Å². The van der Waals surface area contributed by atoms with E-state index < -0.39 is 14.3 Å². The Morgan fingerprint density at radius 3 is 2.38 bits per heavy atom. The lowest BCUT2D eigenvalue weighted by molar-refractivity contribution is 0.0523. The Kier molecular flexibility index (Phi) is 8.53. The summed E-state index contributed by atoms with van der Waals surface area (Å²) >= 11 is 3.43. The van der Waals surface area contributed by atoms with Crippen LogP contribution in [0, 0.1) is 5.92 Å². The zero-order valence-electron chi connectivity index (χ0n) is 20.4. The molecule has 1 aromatic carbocycles. The highest BCUT2D eigenvalue weighted by molar-refractivity contribution is 9.10. The summed E-state index contributed by atoms with van der Waals surface area (Å²) in [6.07, 6.45) is 1.59. The Morgan fingerprint density at radius 2 is 1.88 bits per heavy atom. The topological polar surface area (TPSA) is 77.8 Å². The Labute approximate surface area is 200 Å². The van der Waals surface area contributed by atoms with Gasteiger partial charge in [-0.15, -0.1) is 0 Å². The first-order valence-electron chi connectivity index (χ1n) is 11.0. The van der Waals surface area contributed by atoms with Crippen molar-refractivity contribution in [2.75, 3.05) is 13.2 Å². The molecule has 0 radical (unpaired) electrons. The number of aliphatic hydroxyl groups excluding tert-OH is 1. The minimum absolute atomic E-state index is 0.000903. The number of carbonyl (C=O) groups is 1. The van der Waals surface area contributed by atoms with E-state index in [9.17, 15) is 14.7 Å². The van der Waals surface area contributed by atoms with E-state index in [-0.39, 0.29) is 41.2 Å². The van der Waals surface area contributed by atoms with Gasteiger partial charge in [-0.05, 0) is 48.7 Å². The van der Waals surface area contributed by atoms with E-state index in [2.05, 4.69) is 63.6 Å². The molecule has 32 heavy (non-hydrogen) atoms. The quantitative estimate of drug-likeness (QED) is 0.355. The van der Waals surface area contributed by atoms with Gasteiger partial charge in [-0.3, -0.25) is 4.79 Å². The first-order valence-corrected chi connectivity index (χ1v) is 14.7. The normalized spacial score (nSPS) is 13.6. The second-order valence-corrected chi connectivity index (χ2v) is 15.7. The molecular weight excluding hydrogens is 490 g/mol. The van der Waals surface area contributed by atoms with Gasteiger partial charge in [0.05, 0.1) is 31.4 Å². The van der Waals surface area contributed by atoms with Crippen LogP contribution in [0.2, 0.25) is 18.1 Å². The molecular formula is C24H36BrNO5Si. The second kappa shape index (κ2) is 10.2. The number of aliphatic hydroxyl groups is 1. The monoisotopic (exact) mass is 525 g/mol. The minimum atomic E-state index is -2.01. The molecule has 1 aromatic heterocycles. The summed E-state index contributed by atoms with van der Waals surface area (Å²) in [7, 11) is -2.01. The molecule has 0 unspecified atom stereocenters. The molecule has 0 bridgehead atoms. The van der Waals surface area contributed by atoms with Crippen molar-refractivity contribution in [1.29, 1.82) is 0 Å². The number of hydrogen-bond acceptors (Lipinski definition) is 5. The van der Waals surface area contributed by atoms with Crippen molar-refractivity contribution < 1.29 is 19.1 Å². The van der Waals surface area contributed by atoms with Crippen molar-refractivity contribution in [1.82, 2.24) is 4.57 Å². The van der Waals surface area contributed by atoms with E-state index >= 15 is 0 Å². The highest BCUT2D eigenvalue weighted by atomic mass is 79.9. The van der Waals surface area contributed by atoms with Gasteiger partial charge in [0.2, 0.25) is 5.43 Å². The van der Waals surface area contributed by atoms with E-state index in [1.54, 1.807) is 25.3 Å². The van der Waals surface area contributed by atoms with Gasteiger partial charge in [0.25, 0.3) is 0 Å². The largest absolute Gasteiger partial charge is 0.462 e. The molecule has 0 saturated carbocycles. The first-order chi connectivity index (χ1) is 14.7. The first kappa shape index (κ1) is 26.8. The zero-order valence-corrected chi connectivity index (χ0v) is 23.0. The van der Waals surface area contributed by atoms with Crippen LogP contribution in [0.15, 0.2) is 27.6 Å². The number of pyridine rings is 1. The van der Waals surface area contributed by atoms with Crippen LogP contribution in [0.4, 0.5) is 0 Å². The maximum absolute atomic E-state index is 13.2. The molecule has 0 aliphatic carbocycles. The van der Waals surface area contributed by atoms with Gasteiger partial charge < -0.3 is 18.8 Å². The highest BCUT2D eigenvalue weighted by Gasteiger charge is 2.38. The molecule has 0 aliphatic heterocycles. The van der Waals surface area contributed by atoms with Crippen LogP contribution < -0.4 is 5.43 Å². The fourth-order valence-electron chi connectivity index (χ4n) is 3.27. The van der Waals surface area contributed by atoms with Crippen molar-refractivity contribution in [3.63, 3.8) is 0 Å². The Morgan fingerprint density at radius 1 is 1.25 bits per heavy atom.